The maximum atomic E-state index is 6.64. The van der Waals surface area contributed by atoms with Crippen molar-refractivity contribution < 1.29 is 0 Å². The third-order valence-corrected chi connectivity index (χ3v) is 5.47. The largest absolute Gasteiger partial charge is 0.297 e. The van der Waals surface area contributed by atoms with Gasteiger partial charge in [0.15, 0.2) is 10.3 Å². The second kappa shape index (κ2) is 5.05. The summed E-state index contributed by atoms with van der Waals surface area (Å²) in [6.07, 6.45) is 1.92. The monoisotopic (exact) mass is 354 g/mol. The molecule has 0 saturated heterocycles. The Bertz CT molecular complexity index is 865. The van der Waals surface area contributed by atoms with Crippen LogP contribution in [0.25, 0.3) is 11.0 Å². The third-order valence-electron chi connectivity index (χ3n) is 3.24. The fraction of sp³-hybridized carbons (Fsp3) is 0.154. The molecule has 3 heterocycles. The van der Waals surface area contributed by atoms with Gasteiger partial charge in [-0.3, -0.25) is 4.57 Å². The maximum Gasteiger partial charge on any atom is 0.189 e. The molecule has 1 aromatic carbocycles. The molecule has 0 spiro atoms. The molecule has 0 saturated carbocycles. The van der Waals surface area contributed by atoms with Gasteiger partial charge >= 0.3 is 0 Å². The molecule has 0 unspecified atom stereocenters. The second-order valence-corrected chi connectivity index (χ2v) is 6.91. The second-order valence-electron chi connectivity index (χ2n) is 4.41. The Morgan fingerprint density at radius 2 is 2.05 bits per heavy atom. The zero-order chi connectivity index (χ0) is 14.6. The molecule has 0 aliphatic carbocycles. The van der Waals surface area contributed by atoms with E-state index in [4.69, 9.17) is 23.2 Å². The molecule has 0 radical (unpaired) electrons. The Labute approximate surface area is 139 Å². The van der Waals surface area contributed by atoms with Crippen molar-refractivity contribution in [3.8, 4) is 0 Å². The lowest BCUT2D eigenvalue weighted by Crippen LogP contribution is -2.14. The van der Waals surface area contributed by atoms with Crippen LogP contribution in [0.15, 0.2) is 39.6 Å². The highest BCUT2D eigenvalue weighted by Gasteiger charge is 2.31. The minimum absolute atomic E-state index is 0.403. The number of benzene rings is 1. The number of halogens is 2. The van der Waals surface area contributed by atoms with E-state index < -0.39 is 5.50 Å². The molecule has 1 aliphatic heterocycles. The molecule has 0 amide bonds. The van der Waals surface area contributed by atoms with Crippen molar-refractivity contribution in [2.24, 2.45) is 0 Å². The summed E-state index contributed by atoms with van der Waals surface area (Å²) in [6.45, 7) is 0. The molecule has 0 N–H and O–H groups in total. The van der Waals surface area contributed by atoms with Crippen LogP contribution in [0.2, 0.25) is 5.15 Å². The maximum absolute atomic E-state index is 6.64. The van der Waals surface area contributed by atoms with Crippen LogP contribution in [0.1, 0.15) is 11.1 Å². The van der Waals surface area contributed by atoms with Crippen molar-refractivity contribution in [1.82, 2.24) is 19.5 Å². The number of para-hydroxylation sites is 2. The lowest BCUT2D eigenvalue weighted by Gasteiger charge is -2.23. The van der Waals surface area contributed by atoms with E-state index in [0.717, 1.165) is 26.8 Å². The number of nitrogens with zero attached hydrogens (tertiary/aromatic N) is 4. The van der Waals surface area contributed by atoms with Gasteiger partial charge in [0.25, 0.3) is 0 Å². The molecule has 0 fully saturated rings. The summed E-state index contributed by atoms with van der Waals surface area (Å²) >= 11 is 15.9. The van der Waals surface area contributed by atoms with Crippen LogP contribution in [-0.4, -0.2) is 25.8 Å². The number of imidazole rings is 1. The minimum Gasteiger partial charge on any atom is -0.297 e. The van der Waals surface area contributed by atoms with Crippen molar-refractivity contribution in [3.63, 3.8) is 0 Å². The molecule has 2 aromatic heterocycles. The van der Waals surface area contributed by atoms with Crippen LogP contribution in [0.3, 0.4) is 0 Å². The minimum atomic E-state index is -0.452. The van der Waals surface area contributed by atoms with Gasteiger partial charge in [0.05, 0.1) is 16.6 Å². The Kier molecular flexibility index (Phi) is 3.29. The van der Waals surface area contributed by atoms with E-state index in [2.05, 4.69) is 15.0 Å². The summed E-state index contributed by atoms with van der Waals surface area (Å²) < 4.78 is 1.97. The van der Waals surface area contributed by atoms with Crippen molar-refractivity contribution in [2.45, 2.75) is 20.8 Å². The molecular weight excluding hydrogens is 347 g/mol. The van der Waals surface area contributed by atoms with E-state index >= 15 is 0 Å². The van der Waals surface area contributed by atoms with E-state index in [1.807, 2.05) is 35.1 Å². The van der Waals surface area contributed by atoms with Crippen molar-refractivity contribution in [3.05, 3.63) is 35.0 Å². The molecular formula is C13H8Cl2N4S2. The highest BCUT2D eigenvalue weighted by Crippen LogP contribution is 2.46. The molecule has 1 atom stereocenters. The molecule has 8 heteroatoms. The molecule has 3 aromatic rings. The summed E-state index contributed by atoms with van der Waals surface area (Å²) in [6, 6.07) is 7.89. The molecule has 106 valence electrons. The first kappa shape index (κ1) is 13.7. The number of fused-ring (bicyclic) bond motifs is 4. The predicted octanol–water partition coefficient (Wildman–Crippen LogP) is 4.45. The predicted molar refractivity (Wildman–Crippen MR) is 86.7 cm³/mol. The van der Waals surface area contributed by atoms with Gasteiger partial charge in [0, 0.05) is 0 Å². The highest BCUT2D eigenvalue weighted by atomic mass is 35.5. The first-order chi connectivity index (χ1) is 10.2. The van der Waals surface area contributed by atoms with Gasteiger partial charge in [-0.1, -0.05) is 47.1 Å². The highest BCUT2D eigenvalue weighted by molar-refractivity contribution is 7.99. The first-order valence-corrected chi connectivity index (χ1v) is 8.95. The van der Waals surface area contributed by atoms with Gasteiger partial charge in [-0.15, -0.1) is 0 Å². The van der Waals surface area contributed by atoms with Crippen LogP contribution >= 0.6 is 46.7 Å². The zero-order valence-electron chi connectivity index (χ0n) is 10.7. The smallest absolute Gasteiger partial charge is 0.189 e. The van der Waals surface area contributed by atoms with E-state index in [0.29, 0.717) is 10.3 Å². The molecule has 4 nitrogen and oxygen atoms in total. The van der Waals surface area contributed by atoms with E-state index in [1.165, 1.54) is 23.5 Å². The zero-order valence-corrected chi connectivity index (χ0v) is 13.9. The standard InChI is InChI=1S/C13H8Cl2N4S2/c1-20-12-17-9(14)8-10(15)19-7-5-3-2-4-6(7)16-13(19)21-11(8)18-12/h2-5,10H,1H3/t10-/m1/s1. The van der Waals surface area contributed by atoms with Crippen LogP contribution < -0.4 is 0 Å². The summed E-state index contributed by atoms with van der Waals surface area (Å²) in [4.78, 5) is 13.4. The van der Waals surface area contributed by atoms with Crippen molar-refractivity contribution >= 4 is 57.8 Å². The fourth-order valence-electron chi connectivity index (χ4n) is 2.30. The Morgan fingerprint density at radius 1 is 1.24 bits per heavy atom. The summed E-state index contributed by atoms with van der Waals surface area (Å²) in [7, 11) is 0. The summed E-state index contributed by atoms with van der Waals surface area (Å²) in [5.74, 6) is 0. The topological polar surface area (TPSA) is 43.6 Å². The quantitative estimate of drug-likeness (QED) is 0.279. The van der Waals surface area contributed by atoms with Gasteiger partial charge in [-0.2, -0.15) is 0 Å². The SMILES string of the molecule is CSc1nc(Cl)c2c(n1)Sc1nc3ccccc3n1[C@H]2Cl. The normalized spacial score (nSPS) is 16.8. The molecule has 0 bridgehead atoms. The fourth-order valence-corrected chi connectivity index (χ4v) is 4.76. The van der Waals surface area contributed by atoms with Crippen LogP contribution in [0.5, 0.6) is 0 Å². The summed E-state index contributed by atoms with van der Waals surface area (Å²) in [5.41, 5.74) is 2.19. The number of hydrogen-bond acceptors (Lipinski definition) is 5. The Balaban J connectivity index is 1.97. The van der Waals surface area contributed by atoms with Crippen molar-refractivity contribution in [1.29, 1.82) is 0 Å². The van der Waals surface area contributed by atoms with E-state index in [1.54, 1.807) is 0 Å². The number of rotatable bonds is 1. The van der Waals surface area contributed by atoms with Crippen LogP contribution in [0.4, 0.5) is 0 Å². The molecule has 4 rings (SSSR count). The van der Waals surface area contributed by atoms with Crippen LogP contribution in [-0.2, 0) is 0 Å². The summed E-state index contributed by atoms with van der Waals surface area (Å²) in [5, 5.41) is 2.65. The van der Waals surface area contributed by atoms with Gasteiger partial charge < -0.3 is 0 Å². The van der Waals surface area contributed by atoms with E-state index in [9.17, 15) is 0 Å². The van der Waals surface area contributed by atoms with Gasteiger partial charge in [-0.05, 0) is 30.2 Å². The number of aromatic nitrogens is 4. The Morgan fingerprint density at radius 3 is 2.86 bits per heavy atom. The Hall–Kier alpha value is -0.950. The van der Waals surface area contributed by atoms with E-state index in [-0.39, 0.29) is 0 Å². The van der Waals surface area contributed by atoms with Crippen molar-refractivity contribution in [2.75, 3.05) is 6.26 Å². The number of hydrogen-bond donors (Lipinski definition) is 0. The van der Waals surface area contributed by atoms with Gasteiger partial charge in [0.1, 0.15) is 15.7 Å². The molecule has 21 heavy (non-hydrogen) atoms. The van der Waals surface area contributed by atoms with Crippen LogP contribution in [0, 0.1) is 0 Å². The lowest BCUT2D eigenvalue weighted by molar-refractivity contribution is 0.656. The third kappa shape index (κ3) is 2.04. The number of thioether (sulfide) groups is 1. The van der Waals surface area contributed by atoms with Gasteiger partial charge in [0.2, 0.25) is 0 Å². The lowest BCUT2D eigenvalue weighted by atomic mass is 10.3. The number of alkyl halides is 1. The average Bonchev–Trinajstić information content (AvgIpc) is 2.84. The molecule has 1 aliphatic rings. The van der Waals surface area contributed by atoms with Gasteiger partial charge in [-0.25, -0.2) is 15.0 Å². The first-order valence-electron chi connectivity index (χ1n) is 6.09. The average molecular weight is 355 g/mol.